The first-order valence-electron chi connectivity index (χ1n) is 6.70. The minimum atomic E-state index is -1.54. The monoisotopic (exact) mass is 315 g/mol. The van der Waals surface area contributed by atoms with E-state index in [-0.39, 0.29) is 0 Å². The summed E-state index contributed by atoms with van der Waals surface area (Å²) >= 11 is 0. The van der Waals surface area contributed by atoms with Crippen LogP contribution in [0.1, 0.15) is 5.56 Å². The molecule has 0 saturated heterocycles. The number of rotatable bonds is 7. The van der Waals surface area contributed by atoms with Gasteiger partial charge in [0, 0.05) is 18.6 Å². The quantitative estimate of drug-likeness (QED) is 0.542. The van der Waals surface area contributed by atoms with E-state index in [1.165, 1.54) is 5.56 Å². The first-order chi connectivity index (χ1) is 8.66. The zero-order chi connectivity index (χ0) is 14.5. The van der Waals surface area contributed by atoms with E-state index < -0.39 is 25.0 Å². The summed E-state index contributed by atoms with van der Waals surface area (Å²) in [6.45, 7) is 13.3. The molecule has 19 heavy (non-hydrogen) atoms. The van der Waals surface area contributed by atoms with Gasteiger partial charge in [-0.1, -0.05) is 0 Å². The van der Waals surface area contributed by atoms with Crippen LogP contribution in [-0.2, 0) is 14.8 Å². The van der Waals surface area contributed by atoms with Gasteiger partial charge in [0.1, 0.15) is 8.38 Å². The smallest absolute Gasteiger partial charge is 0.191 e. The second-order valence-corrected chi connectivity index (χ2v) is 17.6. The third kappa shape index (κ3) is 8.66. The van der Waals surface area contributed by atoms with Gasteiger partial charge in [0.2, 0.25) is 0 Å². The van der Waals surface area contributed by atoms with Crippen LogP contribution in [0.5, 0.6) is 0 Å². The first-order valence-corrected chi connectivity index (χ1v) is 14.9. The number of nitrogens with zero attached hydrogens (tertiary/aromatic N) is 1. The Labute approximate surface area is 120 Å². The van der Waals surface area contributed by atoms with Gasteiger partial charge in [0.05, 0.1) is 0 Å². The largest absolute Gasteiger partial charge is 0.376 e. The van der Waals surface area contributed by atoms with E-state index in [9.17, 15) is 0 Å². The van der Waals surface area contributed by atoms with Crippen molar-refractivity contribution in [3.8, 4) is 0 Å². The van der Waals surface area contributed by atoms with Gasteiger partial charge in [-0.15, -0.1) is 0 Å². The van der Waals surface area contributed by atoms with Crippen LogP contribution in [0.15, 0.2) is 24.5 Å². The van der Waals surface area contributed by atoms with Gasteiger partial charge in [0.15, 0.2) is 16.6 Å². The molecule has 1 heterocycles. The molecule has 0 radical (unpaired) electrons. The van der Waals surface area contributed by atoms with Crippen LogP contribution in [-0.4, -0.2) is 27.8 Å². The summed E-state index contributed by atoms with van der Waals surface area (Å²) in [5, 5.41) is 0. The van der Waals surface area contributed by atoms with Crippen LogP contribution in [0.2, 0.25) is 39.3 Å². The second kappa shape index (κ2) is 7.09. The van der Waals surface area contributed by atoms with Crippen molar-refractivity contribution in [3.63, 3.8) is 0 Å². The molecule has 0 saturated carbocycles. The van der Waals surface area contributed by atoms with Gasteiger partial charge >= 0.3 is 0 Å². The number of hydrogen-bond acceptors (Lipinski definition) is 3. The molecular formula is C13H26NO2PSi2. The van der Waals surface area contributed by atoms with Gasteiger partial charge in [-0.25, -0.2) is 0 Å². The molecule has 0 aliphatic carbocycles. The highest BCUT2D eigenvalue weighted by Crippen LogP contribution is 2.44. The Bertz CT molecular complexity index is 360. The average Bonchev–Trinajstić information content (AvgIpc) is 2.23. The molecule has 3 nitrogen and oxygen atoms in total. The molecule has 0 aliphatic heterocycles. The topological polar surface area (TPSA) is 31.4 Å². The lowest BCUT2D eigenvalue weighted by Gasteiger charge is -2.30. The highest BCUT2D eigenvalue weighted by Gasteiger charge is 2.27. The summed E-state index contributed by atoms with van der Waals surface area (Å²) in [5.74, 6) is 0. The molecule has 0 aromatic carbocycles. The van der Waals surface area contributed by atoms with Crippen molar-refractivity contribution < 1.29 is 8.43 Å². The molecule has 108 valence electrons. The Hall–Kier alpha value is -0.0662. The third-order valence-corrected chi connectivity index (χ3v) is 8.68. The summed E-state index contributed by atoms with van der Waals surface area (Å²) in [7, 11) is -3.85. The van der Waals surface area contributed by atoms with Crippen LogP contribution >= 0.6 is 8.38 Å². The zero-order valence-electron chi connectivity index (χ0n) is 12.9. The summed E-state index contributed by atoms with van der Waals surface area (Å²) in [6.07, 6.45) is 5.67. The fraction of sp³-hybridized carbons (Fsp3) is 0.615. The summed E-state index contributed by atoms with van der Waals surface area (Å²) < 4.78 is 12.5. The van der Waals surface area contributed by atoms with Crippen LogP contribution in [0.4, 0.5) is 0 Å². The van der Waals surface area contributed by atoms with Crippen molar-refractivity contribution >= 4 is 25.0 Å². The summed E-state index contributed by atoms with van der Waals surface area (Å²) in [6, 6.07) is 4.13. The predicted molar refractivity (Wildman–Crippen MR) is 88.6 cm³/mol. The van der Waals surface area contributed by atoms with Gasteiger partial charge in [0.25, 0.3) is 0 Å². The van der Waals surface area contributed by atoms with Crippen molar-refractivity contribution in [2.45, 2.75) is 45.7 Å². The van der Waals surface area contributed by atoms with Crippen molar-refractivity contribution in [2.75, 3.05) is 6.16 Å². The van der Waals surface area contributed by atoms with Crippen molar-refractivity contribution in [2.24, 2.45) is 0 Å². The Balaban J connectivity index is 2.59. The molecule has 1 rings (SSSR count). The molecule has 0 N–H and O–H groups in total. The number of aromatic nitrogens is 1. The Morgan fingerprint density at radius 2 is 1.42 bits per heavy atom. The van der Waals surface area contributed by atoms with E-state index in [0.717, 1.165) is 12.6 Å². The SMILES string of the molecule is C[Si](C)(C)OP(CCc1ccncc1)O[Si](C)(C)C. The molecule has 0 aliphatic rings. The standard InChI is InChI=1S/C13H26NO2PSi2/c1-18(2,3)15-17(16-19(4,5)6)12-9-13-7-10-14-11-8-13/h7-8,10-11H,9,12H2,1-6H3. The van der Waals surface area contributed by atoms with Crippen molar-refractivity contribution in [1.29, 1.82) is 0 Å². The fourth-order valence-corrected chi connectivity index (χ4v) is 8.03. The molecule has 1 aromatic rings. The molecule has 0 spiro atoms. The van der Waals surface area contributed by atoms with Crippen molar-refractivity contribution in [1.82, 2.24) is 4.98 Å². The molecule has 1 aromatic heterocycles. The van der Waals surface area contributed by atoms with Gasteiger partial charge in [-0.2, -0.15) is 0 Å². The first kappa shape index (κ1) is 17.0. The second-order valence-electron chi connectivity index (χ2n) is 6.57. The van der Waals surface area contributed by atoms with E-state index >= 15 is 0 Å². The minimum absolute atomic E-state index is 0.757. The highest BCUT2D eigenvalue weighted by molar-refractivity contribution is 7.50. The molecule has 0 amide bonds. The van der Waals surface area contributed by atoms with Crippen LogP contribution in [0.3, 0.4) is 0 Å². The lowest BCUT2D eigenvalue weighted by Crippen LogP contribution is -2.29. The predicted octanol–water partition coefficient (Wildman–Crippen LogP) is 4.64. The van der Waals surface area contributed by atoms with Gasteiger partial charge in [-0.3, -0.25) is 4.98 Å². The summed E-state index contributed by atoms with van der Waals surface area (Å²) in [5.41, 5.74) is 1.31. The third-order valence-electron chi connectivity index (χ3n) is 2.08. The lowest BCUT2D eigenvalue weighted by atomic mass is 10.2. The average molecular weight is 316 g/mol. The van der Waals surface area contributed by atoms with E-state index in [1.54, 1.807) is 0 Å². The van der Waals surface area contributed by atoms with Gasteiger partial charge in [-0.05, 0) is 63.4 Å². The fourth-order valence-electron chi connectivity index (χ4n) is 1.49. The van der Waals surface area contributed by atoms with Crippen LogP contribution in [0.25, 0.3) is 0 Å². The van der Waals surface area contributed by atoms with E-state index in [4.69, 9.17) is 8.43 Å². The Morgan fingerprint density at radius 1 is 0.947 bits per heavy atom. The molecular weight excluding hydrogens is 289 g/mol. The normalized spacial score (nSPS) is 13.0. The molecule has 6 heteroatoms. The number of hydrogen-bond donors (Lipinski definition) is 0. The highest BCUT2D eigenvalue weighted by atomic mass is 31.2. The van der Waals surface area contributed by atoms with Crippen LogP contribution in [0, 0.1) is 0 Å². The maximum Gasteiger partial charge on any atom is 0.191 e. The van der Waals surface area contributed by atoms with Crippen molar-refractivity contribution in [3.05, 3.63) is 30.1 Å². The van der Waals surface area contributed by atoms with E-state index in [2.05, 4.69) is 56.4 Å². The minimum Gasteiger partial charge on any atom is -0.376 e. The maximum absolute atomic E-state index is 6.24. The van der Waals surface area contributed by atoms with E-state index in [0.29, 0.717) is 0 Å². The van der Waals surface area contributed by atoms with Gasteiger partial charge < -0.3 is 8.43 Å². The molecule has 0 atom stereocenters. The summed E-state index contributed by atoms with van der Waals surface area (Å²) in [4.78, 5) is 4.05. The Morgan fingerprint density at radius 3 is 1.84 bits per heavy atom. The number of aryl methyl sites for hydroxylation is 1. The Kier molecular flexibility index (Phi) is 6.34. The molecule has 0 bridgehead atoms. The van der Waals surface area contributed by atoms with E-state index in [1.807, 2.05) is 12.4 Å². The maximum atomic E-state index is 6.24. The number of pyridine rings is 1. The molecule has 0 unspecified atom stereocenters. The zero-order valence-corrected chi connectivity index (χ0v) is 15.8. The lowest BCUT2D eigenvalue weighted by molar-refractivity contribution is 0.488. The molecule has 0 fully saturated rings. The van der Waals surface area contributed by atoms with Crippen LogP contribution < -0.4 is 0 Å².